The van der Waals surface area contributed by atoms with Gasteiger partial charge in [-0.25, -0.2) is 4.79 Å². The van der Waals surface area contributed by atoms with Crippen LogP contribution in [0.2, 0.25) is 0 Å². The van der Waals surface area contributed by atoms with E-state index in [1.54, 1.807) is 0 Å². The highest BCUT2D eigenvalue weighted by atomic mass is 16.7. The zero-order valence-corrected chi connectivity index (χ0v) is 36.3. The van der Waals surface area contributed by atoms with Crippen molar-refractivity contribution in [2.75, 3.05) is 52.7 Å². The molecule has 354 valence electrons. The lowest BCUT2D eigenvalue weighted by Gasteiger charge is -2.60. The molecule has 0 radical (unpaired) electrons. The van der Waals surface area contributed by atoms with E-state index in [1.165, 1.54) is 0 Å². The van der Waals surface area contributed by atoms with Crippen molar-refractivity contribution in [3.63, 3.8) is 0 Å². The van der Waals surface area contributed by atoms with Crippen LogP contribution in [0.3, 0.4) is 0 Å². The summed E-state index contributed by atoms with van der Waals surface area (Å²) in [4.78, 5) is 62.8. The fraction of sp³-hybridized carbons (Fsp3) is 0.837. The molecule has 7 rings (SSSR count). The molecule has 8 N–H and O–H groups in total. The predicted molar refractivity (Wildman–Crippen MR) is 215 cm³/mol. The van der Waals surface area contributed by atoms with Crippen molar-refractivity contribution in [2.45, 2.75) is 157 Å². The SMILES string of the molecule is CC(C)[C@]12O[C@H]1C[C@]1(O)[C@]3(O[C@H]3CC3C4=C(CC[C@@]31C)C(=O)OC4)[C@@H]2OC(=O)CCC(=O)NCCOCCC(=O)NCCCNC(=O)CCCCO[C@@H]1O[C@H](CO)[C@@H](O)[C@H](O)[C@H]1O. The summed E-state index contributed by atoms with van der Waals surface area (Å²) in [5.41, 5.74) is -2.35. The Morgan fingerprint density at radius 2 is 1.56 bits per heavy atom. The van der Waals surface area contributed by atoms with Crippen molar-refractivity contribution in [1.29, 1.82) is 0 Å². The Hall–Kier alpha value is -3.31. The van der Waals surface area contributed by atoms with Gasteiger partial charge >= 0.3 is 11.9 Å². The van der Waals surface area contributed by atoms with Gasteiger partial charge in [0.2, 0.25) is 17.7 Å². The van der Waals surface area contributed by atoms with Crippen LogP contribution in [0.5, 0.6) is 0 Å². The molecule has 0 aromatic carbocycles. The fourth-order valence-corrected chi connectivity index (χ4v) is 10.9. The van der Waals surface area contributed by atoms with E-state index in [4.69, 9.17) is 33.2 Å². The van der Waals surface area contributed by atoms with Gasteiger partial charge in [-0.3, -0.25) is 19.2 Å². The topological polar surface area (TPSA) is 294 Å². The lowest BCUT2D eigenvalue weighted by Crippen LogP contribution is -2.74. The fourth-order valence-electron chi connectivity index (χ4n) is 10.9. The molecule has 5 fully saturated rings. The normalized spacial score (nSPS) is 38.3. The number of nitrogens with one attached hydrogen (secondary N) is 3. The van der Waals surface area contributed by atoms with Gasteiger partial charge in [0.05, 0.1) is 38.4 Å². The van der Waals surface area contributed by atoms with Crippen molar-refractivity contribution >= 4 is 29.7 Å². The molecule has 20 heteroatoms. The predicted octanol–water partition coefficient (Wildman–Crippen LogP) is -1.45. The number of aliphatic hydroxyl groups excluding tert-OH is 4. The van der Waals surface area contributed by atoms with Crippen LogP contribution in [0.1, 0.15) is 91.4 Å². The number of esters is 2. The van der Waals surface area contributed by atoms with Crippen LogP contribution in [-0.2, 0) is 57.1 Å². The highest BCUT2D eigenvalue weighted by Crippen LogP contribution is 2.76. The first kappa shape index (κ1) is 47.6. The third-order valence-corrected chi connectivity index (χ3v) is 14.6. The second-order valence-corrected chi connectivity index (χ2v) is 18.5. The molecule has 1 spiro atoms. The number of carbonyl (C=O) groups is 5. The summed E-state index contributed by atoms with van der Waals surface area (Å²) >= 11 is 0. The summed E-state index contributed by atoms with van der Waals surface area (Å²) in [5.74, 6) is -1.79. The maximum absolute atomic E-state index is 13.4. The maximum Gasteiger partial charge on any atom is 0.334 e. The number of amides is 3. The van der Waals surface area contributed by atoms with E-state index in [0.29, 0.717) is 63.6 Å². The van der Waals surface area contributed by atoms with E-state index in [1.807, 2.05) is 13.8 Å². The van der Waals surface area contributed by atoms with E-state index in [0.717, 1.165) is 5.57 Å². The smallest absolute Gasteiger partial charge is 0.334 e. The number of unbranched alkanes of at least 4 members (excludes halogenated alkanes) is 1. The Balaban J connectivity index is 0.729. The minimum absolute atomic E-state index is 0.0398. The molecular weight excluding hydrogens is 830 g/mol. The number of rotatable bonds is 22. The Kier molecular flexibility index (Phi) is 14.6. The molecule has 3 amide bonds. The summed E-state index contributed by atoms with van der Waals surface area (Å²) in [6.07, 6.45) is -4.85. The van der Waals surface area contributed by atoms with Gasteiger partial charge in [0, 0.05) is 62.9 Å². The Morgan fingerprint density at radius 1 is 0.841 bits per heavy atom. The molecule has 2 saturated carbocycles. The van der Waals surface area contributed by atoms with Crippen molar-refractivity contribution in [3.05, 3.63) is 11.1 Å². The number of ether oxygens (including phenoxy) is 7. The van der Waals surface area contributed by atoms with Crippen molar-refractivity contribution in [3.8, 4) is 0 Å². The second kappa shape index (κ2) is 19.3. The molecule has 63 heavy (non-hydrogen) atoms. The van der Waals surface area contributed by atoms with Crippen LogP contribution in [0.15, 0.2) is 11.1 Å². The van der Waals surface area contributed by atoms with Gasteiger partial charge in [0.25, 0.3) is 0 Å². The van der Waals surface area contributed by atoms with Crippen LogP contribution in [0, 0.1) is 17.3 Å². The molecule has 20 nitrogen and oxygen atoms in total. The first-order valence-electron chi connectivity index (χ1n) is 22.5. The number of carbonyl (C=O) groups excluding carboxylic acids is 5. The highest BCUT2D eigenvalue weighted by Gasteiger charge is 2.91. The number of epoxide rings is 2. The van der Waals surface area contributed by atoms with E-state index < -0.39 is 77.7 Å². The largest absolute Gasteiger partial charge is 0.458 e. The standard InChI is InChI=1S/C43H65N3O17/c1-23(2)42-29(62-42)20-41(56)40(3)12-10-24-25(22-59-37(24)55)26(40)19-28-43(41,63-28)39(42)61-33(51)9-8-31(49)46-15-18-57-17-11-32(50)45-14-6-13-44-30(48)7-4-5-16-58-38-36(54)35(53)34(52)27(21-47)60-38/h23,26-29,34-36,38-39,47,52-54,56H,4-22H2,1-3H3,(H,44,48)(H,45,50)(H,46,49)/t26?,27-,28+,29+,34-,35+,36-,38-,39-,40+,41-,42+,43-/m1/s1. The lowest BCUT2D eigenvalue weighted by molar-refractivity contribution is -0.301. The van der Waals surface area contributed by atoms with Crippen LogP contribution >= 0.6 is 0 Å². The molecule has 7 aliphatic rings. The van der Waals surface area contributed by atoms with Gasteiger partial charge in [0.1, 0.15) is 42.2 Å². The minimum atomic E-state index is -1.52. The molecule has 0 aromatic heterocycles. The first-order valence-corrected chi connectivity index (χ1v) is 22.5. The molecule has 4 heterocycles. The molecule has 1 unspecified atom stereocenters. The van der Waals surface area contributed by atoms with Gasteiger partial charge in [-0.05, 0) is 55.9 Å². The molecule has 13 atom stereocenters. The number of cyclic esters (lactones) is 1. The van der Waals surface area contributed by atoms with Crippen molar-refractivity contribution < 1.29 is 82.7 Å². The van der Waals surface area contributed by atoms with Gasteiger partial charge in [-0.1, -0.05) is 20.8 Å². The Labute approximate surface area is 366 Å². The Bertz CT molecular complexity index is 1760. The van der Waals surface area contributed by atoms with E-state index in [-0.39, 0.29) is 100 Å². The zero-order chi connectivity index (χ0) is 45.3. The summed E-state index contributed by atoms with van der Waals surface area (Å²) in [6.45, 7) is 7.05. The number of aliphatic hydroxyl groups is 5. The molecule has 3 aliphatic carbocycles. The minimum Gasteiger partial charge on any atom is -0.458 e. The maximum atomic E-state index is 13.4. The lowest BCUT2D eigenvalue weighted by atomic mass is 9.44. The average molecular weight is 896 g/mol. The molecular formula is C43H65N3O17. The molecule has 4 aliphatic heterocycles. The van der Waals surface area contributed by atoms with Gasteiger partial charge in [-0.15, -0.1) is 0 Å². The summed E-state index contributed by atoms with van der Waals surface area (Å²) < 4.78 is 40.6. The highest BCUT2D eigenvalue weighted by molar-refractivity contribution is 5.92. The van der Waals surface area contributed by atoms with Gasteiger partial charge in [0.15, 0.2) is 18.0 Å². The quantitative estimate of drug-likeness (QED) is 0.0350. The van der Waals surface area contributed by atoms with Gasteiger partial charge < -0.3 is 74.6 Å². The number of fused-ring (bicyclic) bond motifs is 4. The Morgan fingerprint density at radius 3 is 2.29 bits per heavy atom. The van der Waals surface area contributed by atoms with Crippen LogP contribution in [0.4, 0.5) is 0 Å². The van der Waals surface area contributed by atoms with Crippen LogP contribution in [-0.4, -0.2) is 174 Å². The van der Waals surface area contributed by atoms with Crippen molar-refractivity contribution in [1.82, 2.24) is 16.0 Å². The monoisotopic (exact) mass is 895 g/mol. The molecule has 0 aromatic rings. The van der Waals surface area contributed by atoms with E-state index >= 15 is 0 Å². The zero-order valence-electron chi connectivity index (χ0n) is 36.3. The molecule has 0 bridgehead atoms. The van der Waals surface area contributed by atoms with E-state index in [9.17, 15) is 49.5 Å². The van der Waals surface area contributed by atoms with Crippen LogP contribution in [0.25, 0.3) is 0 Å². The summed E-state index contributed by atoms with van der Waals surface area (Å²) in [7, 11) is 0. The van der Waals surface area contributed by atoms with Gasteiger partial charge in [-0.2, -0.15) is 0 Å². The van der Waals surface area contributed by atoms with E-state index in [2.05, 4.69) is 22.9 Å². The molecule has 3 saturated heterocycles. The first-order chi connectivity index (χ1) is 30.0. The third kappa shape index (κ3) is 9.01. The number of hydrogen-bond acceptors (Lipinski definition) is 17. The van der Waals surface area contributed by atoms with Crippen molar-refractivity contribution in [2.24, 2.45) is 17.3 Å². The summed E-state index contributed by atoms with van der Waals surface area (Å²) in [6, 6.07) is 0. The summed E-state index contributed by atoms with van der Waals surface area (Å²) in [5, 5.41) is 60.0. The third-order valence-electron chi connectivity index (χ3n) is 14.6. The second-order valence-electron chi connectivity index (χ2n) is 18.5. The van der Waals surface area contributed by atoms with Crippen LogP contribution < -0.4 is 16.0 Å². The number of hydrogen-bond donors (Lipinski definition) is 8. The average Bonchev–Trinajstić information content (AvgIpc) is 4.14.